The molecule has 0 saturated heterocycles. The van der Waals surface area contributed by atoms with Gasteiger partial charge in [-0.15, -0.1) is 0 Å². The van der Waals surface area contributed by atoms with Gasteiger partial charge in [-0.25, -0.2) is 0 Å². The molecular weight excluding hydrogens is 314 g/mol. The molecule has 0 spiro atoms. The molecule has 2 rings (SSSR count). The first-order valence-electron chi connectivity index (χ1n) is 7.26. The van der Waals surface area contributed by atoms with E-state index in [1.165, 1.54) is 6.92 Å². The van der Waals surface area contributed by atoms with Gasteiger partial charge in [0.05, 0.1) is 6.42 Å². The van der Waals surface area contributed by atoms with E-state index in [2.05, 4.69) is 5.32 Å². The molecule has 0 unspecified atom stereocenters. The maximum atomic E-state index is 12.0. The molecule has 4 nitrogen and oxygen atoms in total. The summed E-state index contributed by atoms with van der Waals surface area (Å²) in [7, 11) is 0. The quantitative estimate of drug-likeness (QED) is 0.849. The monoisotopic (exact) mass is 331 g/mol. The van der Waals surface area contributed by atoms with Crippen molar-refractivity contribution < 1.29 is 14.3 Å². The van der Waals surface area contributed by atoms with Gasteiger partial charge in [0.1, 0.15) is 0 Å². The summed E-state index contributed by atoms with van der Waals surface area (Å²) in [5.41, 5.74) is 2.46. The molecule has 23 heavy (non-hydrogen) atoms. The number of aryl methyl sites for hydroxylation is 1. The zero-order valence-electron chi connectivity index (χ0n) is 13.0. The van der Waals surface area contributed by atoms with Crippen molar-refractivity contribution in [3.8, 4) is 0 Å². The third-order valence-electron chi connectivity index (χ3n) is 3.37. The first-order valence-corrected chi connectivity index (χ1v) is 7.64. The van der Waals surface area contributed by atoms with Crippen LogP contribution < -0.4 is 5.32 Å². The Bertz CT molecular complexity index is 715. The highest BCUT2D eigenvalue weighted by molar-refractivity contribution is 6.30. The van der Waals surface area contributed by atoms with Crippen molar-refractivity contribution in [2.24, 2.45) is 0 Å². The van der Waals surface area contributed by atoms with Gasteiger partial charge in [-0.2, -0.15) is 0 Å². The van der Waals surface area contributed by atoms with Gasteiger partial charge < -0.3 is 10.1 Å². The minimum atomic E-state index is -0.884. The summed E-state index contributed by atoms with van der Waals surface area (Å²) in [5, 5.41) is 3.18. The predicted molar refractivity (Wildman–Crippen MR) is 90.5 cm³/mol. The summed E-state index contributed by atoms with van der Waals surface area (Å²) >= 11 is 5.86. The number of esters is 1. The van der Waals surface area contributed by atoms with Crippen molar-refractivity contribution >= 4 is 29.2 Å². The third-order valence-corrected chi connectivity index (χ3v) is 3.60. The van der Waals surface area contributed by atoms with Crippen LogP contribution in [-0.4, -0.2) is 18.0 Å². The molecule has 0 bridgehead atoms. The summed E-state index contributed by atoms with van der Waals surface area (Å²) in [6.45, 7) is 3.47. The number of carbonyl (C=O) groups excluding carboxylic acids is 2. The maximum absolute atomic E-state index is 12.0. The lowest BCUT2D eigenvalue weighted by atomic mass is 10.1. The Morgan fingerprint density at radius 2 is 1.91 bits per heavy atom. The first kappa shape index (κ1) is 17.0. The molecule has 0 saturated carbocycles. The SMILES string of the molecule is Cc1ccccc1CC(=O)O[C@H](C)C(=O)Nc1cccc(Cl)c1. The van der Waals surface area contributed by atoms with Crippen LogP contribution in [0.4, 0.5) is 5.69 Å². The van der Waals surface area contributed by atoms with Crippen LogP contribution in [0.15, 0.2) is 48.5 Å². The molecule has 0 radical (unpaired) electrons. The van der Waals surface area contributed by atoms with Crippen LogP contribution in [0.5, 0.6) is 0 Å². The molecule has 0 aliphatic carbocycles. The van der Waals surface area contributed by atoms with E-state index < -0.39 is 18.0 Å². The predicted octanol–water partition coefficient (Wildman–Crippen LogP) is 3.76. The summed E-state index contributed by atoms with van der Waals surface area (Å²) < 4.78 is 5.19. The standard InChI is InChI=1S/C18H18ClNO3/c1-12-6-3-4-7-14(12)10-17(21)23-13(2)18(22)20-16-9-5-8-15(19)11-16/h3-9,11,13H,10H2,1-2H3,(H,20,22)/t13-/m1/s1. The molecule has 2 aromatic carbocycles. The highest BCUT2D eigenvalue weighted by atomic mass is 35.5. The molecule has 5 heteroatoms. The van der Waals surface area contributed by atoms with E-state index in [9.17, 15) is 9.59 Å². The van der Waals surface area contributed by atoms with Crippen LogP contribution in [0.25, 0.3) is 0 Å². The second-order valence-electron chi connectivity index (χ2n) is 5.23. The van der Waals surface area contributed by atoms with Gasteiger partial charge in [-0.3, -0.25) is 9.59 Å². The molecule has 2 aromatic rings. The van der Waals surface area contributed by atoms with Crippen LogP contribution in [0.3, 0.4) is 0 Å². The molecule has 0 aliphatic rings. The number of anilines is 1. The number of rotatable bonds is 5. The van der Waals surface area contributed by atoms with Crippen molar-refractivity contribution in [3.63, 3.8) is 0 Å². The minimum absolute atomic E-state index is 0.140. The van der Waals surface area contributed by atoms with Gasteiger partial charge in [-0.05, 0) is 43.2 Å². The lowest BCUT2D eigenvalue weighted by molar-refractivity contribution is -0.152. The Labute approximate surface area is 140 Å². The van der Waals surface area contributed by atoms with Crippen LogP contribution in [0, 0.1) is 6.92 Å². The van der Waals surface area contributed by atoms with E-state index in [1.54, 1.807) is 24.3 Å². The Balaban J connectivity index is 1.90. The summed E-state index contributed by atoms with van der Waals surface area (Å²) in [6, 6.07) is 14.4. The number of carbonyl (C=O) groups is 2. The number of halogens is 1. The molecule has 120 valence electrons. The zero-order chi connectivity index (χ0) is 16.8. The van der Waals surface area contributed by atoms with Gasteiger partial charge in [-0.1, -0.05) is 41.9 Å². The lowest BCUT2D eigenvalue weighted by Crippen LogP contribution is -2.30. The van der Waals surface area contributed by atoms with Crippen LogP contribution >= 0.6 is 11.6 Å². The number of amides is 1. The second-order valence-corrected chi connectivity index (χ2v) is 5.67. The second kappa shape index (κ2) is 7.79. The van der Waals surface area contributed by atoms with Gasteiger partial charge >= 0.3 is 5.97 Å². The number of hydrogen-bond donors (Lipinski definition) is 1. The van der Waals surface area contributed by atoms with Crippen molar-refractivity contribution in [2.45, 2.75) is 26.4 Å². The molecule has 0 aromatic heterocycles. The van der Waals surface area contributed by atoms with Gasteiger partial charge in [0.2, 0.25) is 0 Å². The minimum Gasteiger partial charge on any atom is -0.452 e. The normalized spacial score (nSPS) is 11.6. The molecule has 1 atom stereocenters. The average Bonchev–Trinajstić information content (AvgIpc) is 2.49. The average molecular weight is 332 g/mol. The summed E-state index contributed by atoms with van der Waals surface area (Å²) in [5.74, 6) is -0.835. The van der Waals surface area contributed by atoms with E-state index in [0.717, 1.165) is 11.1 Å². The lowest BCUT2D eigenvalue weighted by Gasteiger charge is -2.14. The largest absolute Gasteiger partial charge is 0.452 e. The highest BCUT2D eigenvalue weighted by Gasteiger charge is 2.18. The molecular formula is C18H18ClNO3. The van der Waals surface area contributed by atoms with E-state index in [4.69, 9.17) is 16.3 Å². The van der Waals surface area contributed by atoms with Crippen LogP contribution in [-0.2, 0) is 20.7 Å². The van der Waals surface area contributed by atoms with Gasteiger partial charge in [0.15, 0.2) is 6.10 Å². The van der Waals surface area contributed by atoms with E-state index >= 15 is 0 Å². The Kier molecular flexibility index (Phi) is 5.77. The van der Waals surface area contributed by atoms with Crippen LogP contribution in [0.2, 0.25) is 5.02 Å². The molecule has 1 N–H and O–H groups in total. The van der Waals surface area contributed by atoms with Gasteiger partial charge in [0.25, 0.3) is 5.91 Å². The Morgan fingerprint density at radius 3 is 2.61 bits per heavy atom. The molecule has 0 aliphatic heterocycles. The fourth-order valence-electron chi connectivity index (χ4n) is 2.07. The highest BCUT2D eigenvalue weighted by Crippen LogP contribution is 2.15. The third kappa shape index (κ3) is 5.11. The zero-order valence-corrected chi connectivity index (χ0v) is 13.8. The Hall–Kier alpha value is -2.33. The smallest absolute Gasteiger partial charge is 0.311 e. The Morgan fingerprint density at radius 1 is 1.17 bits per heavy atom. The molecule has 1 amide bonds. The van der Waals surface area contributed by atoms with Crippen molar-refractivity contribution in [3.05, 3.63) is 64.7 Å². The maximum Gasteiger partial charge on any atom is 0.311 e. The van der Waals surface area contributed by atoms with Crippen molar-refractivity contribution in [1.29, 1.82) is 0 Å². The van der Waals surface area contributed by atoms with E-state index in [0.29, 0.717) is 10.7 Å². The van der Waals surface area contributed by atoms with E-state index in [-0.39, 0.29) is 6.42 Å². The summed E-state index contributed by atoms with van der Waals surface area (Å²) in [4.78, 5) is 24.0. The fourth-order valence-corrected chi connectivity index (χ4v) is 2.26. The molecule has 0 fully saturated rings. The molecule has 0 heterocycles. The summed E-state index contributed by atoms with van der Waals surface area (Å²) in [6.07, 6.45) is -0.743. The van der Waals surface area contributed by atoms with Crippen molar-refractivity contribution in [1.82, 2.24) is 0 Å². The number of hydrogen-bond acceptors (Lipinski definition) is 3. The van der Waals surface area contributed by atoms with Crippen molar-refractivity contribution in [2.75, 3.05) is 5.32 Å². The number of nitrogens with one attached hydrogen (secondary N) is 1. The van der Waals surface area contributed by atoms with Gasteiger partial charge in [0, 0.05) is 10.7 Å². The first-order chi connectivity index (χ1) is 11.0. The number of ether oxygens (including phenoxy) is 1. The topological polar surface area (TPSA) is 55.4 Å². The van der Waals surface area contributed by atoms with E-state index in [1.807, 2.05) is 31.2 Å². The fraction of sp³-hybridized carbons (Fsp3) is 0.222. The number of benzene rings is 2. The van der Waals surface area contributed by atoms with Crippen LogP contribution in [0.1, 0.15) is 18.1 Å².